The molecular weight excluding hydrogens is 566 g/mol. The van der Waals surface area contributed by atoms with Crippen molar-refractivity contribution < 1.29 is 19.2 Å². The van der Waals surface area contributed by atoms with Gasteiger partial charge in [0.25, 0.3) is 23.6 Å². The molecule has 2 aliphatic rings. The van der Waals surface area contributed by atoms with Crippen molar-refractivity contribution in [1.29, 1.82) is 0 Å². The van der Waals surface area contributed by atoms with E-state index in [4.69, 9.17) is 0 Å². The van der Waals surface area contributed by atoms with Crippen LogP contribution >= 0.6 is 0 Å². The summed E-state index contributed by atoms with van der Waals surface area (Å²) in [6.07, 6.45) is 4.29. The van der Waals surface area contributed by atoms with E-state index in [-0.39, 0.29) is 23.6 Å². The fourth-order valence-corrected chi connectivity index (χ4v) is 6.26. The third-order valence-electron chi connectivity index (χ3n) is 8.72. The molecule has 4 amide bonds. The molecule has 0 fully saturated rings. The van der Waals surface area contributed by atoms with E-state index in [2.05, 4.69) is 21.7 Å². The summed E-state index contributed by atoms with van der Waals surface area (Å²) >= 11 is 0. The Morgan fingerprint density at radius 1 is 0.756 bits per heavy atom. The quantitative estimate of drug-likeness (QED) is 0.219. The van der Waals surface area contributed by atoms with Gasteiger partial charge in [-0.3, -0.25) is 29.0 Å². The second-order valence-corrected chi connectivity index (χ2v) is 11.5. The molecule has 0 saturated heterocycles. The van der Waals surface area contributed by atoms with Crippen LogP contribution in [0, 0.1) is 0 Å². The van der Waals surface area contributed by atoms with Crippen molar-refractivity contribution in [2.75, 3.05) is 66.5 Å². The number of hydrogen-bond acceptors (Lipinski definition) is 7. The van der Waals surface area contributed by atoms with Gasteiger partial charge < -0.3 is 15.1 Å². The largest absolute Gasteiger partial charge is 0.318 e. The maximum absolute atomic E-state index is 13.4. The minimum atomic E-state index is -0.279. The molecule has 2 heterocycles. The van der Waals surface area contributed by atoms with Crippen LogP contribution in [0.2, 0.25) is 0 Å². The Balaban J connectivity index is 1.16. The lowest BCUT2D eigenvalue weighted by molar-refractivity contribution is -0.123. The van der Waals surface area contributed by atoms with Crippen LogP contribution in [-0.4, -0.2) is 110 Å². The van der Waals surface area contributed by atoms with Gasteiger partial charge in [0.2, 0.25) is 0 Å². The zero-order chi connectivity index (χ0) is 32.1. The summed E-state index contributed by atoms with van der Waals surface area (Å²) in [5.41, 5.74) is 3.62. The second-order valence-electron chi connectivity index (χ2n) is 11.5. The molecule has 0 aliphatic carbocycles. The summed E-state index contributed by atoms with van der Waals surface area (Å²) in [4.78, 5) is 60.4. The molecule has 0 atom stereocenters. The number of carbonyl (C=O) groups excluding carboxylic acids is 4. The molecular formula is C36H41N5O4. The Kier molecular flexibility index (Phi) is 10.0. The van der Waals surface area contributed by atoms with E-state index in [9.17, 15) is 19.2 Å². The van der Waals surface area contributed by atoms with Gasteiger partial charge in [-0.1, -0.05) is 55.1 Å². The summed E-state index contributed by atoms with van der Waals surface area (Å²) < 4.78 is 0. The predicted octanol–water partition coefficient (Wildman–Crippen LogP) is 4.01. The normalized spacial score (nSPS) is 15.6. The van der Waals surface area contributed by atoms with Gasteiger partial charge in [-0.25, -0.2) is 0 Å². The average Bonchev–Trinajstić information content (AvgIpc) is 3.05. The summed E-state index contributed by atoms with van der Waals surface area (Å²) in [6.45, 7) is 10.5. The average molecular weight is 608 g/mol. The number of rotatable bonds is 14. The molecule has 0 bridgehead atoms. The highest BCUT2D eigenvalue weighted by molar-refractivity contribution is 6.31. The summed E-state index contributed by atoms with van der Waals surface area (Å²) in [5.74, 6) is -1.05. The van der Waals surface area contributed by atoms with Gasteiger partial charge in [-0.05, 0) is 69.7 Å². The van der Waals surface area contributed by atoms with E-state index in [0.29, 0.717) is 54.0 Å². The number of allylic oxidation sites excluding steroid dienone is 1. The van der Waals surface area contributed by atoms with E-state index in [1.165, 1.54) is 9.80 Å². The van der Waals surface area contributed by atoms with Crippen molar-refractivity contribution in [3.63, 3.8) is 0 Å². The summed E-state index contributed by atoms with van der Waals surface area (Å²) in [7, 11) is 3.89. The van der Waals surface area contributed by atoms with Crippen LogP contribution in [0.5, 0.6) is 0 Å². The number of imide groups is 2. The van der Waals surface area contributed by atoms with Crippen LogP contribution in [0.15, 0.2) is 67.3 Å². The smallest absolute Gasteiger partial charge is 0.261 e. The molecule has 45 heavy (non-hydrogen) atoms. The van der Waals surface area contributed by atoms with Crippen LogP contribution in [0.25, 0.3) is 22.4 Å². The highest BCUT2D eigenvalue weighted by Crippen LogP contribution is 2.32. The summed E-state index contributed by atoms with van der Waals surface area (Å²) in [5, 5.41) is 4.82. The van der Waals surface area contributed by atoms with Gasteiger partial charge in [-0.2, -0.15) is 0 Å². The maximum Gasteiger partial charge on any atom is 0.261 e. The van der Waals surface area contributed by atoms with E-state index in [0.717, 1.165) is 48.9 Å². The molecule has 0 radical (unpaired) electrons. The number of nitrogens with zero attached hydrogens (tertiary/aromatic N) is 4. The van der Waals surface area contributed by atoms with Crippen LogP contribution in [0.1, 0.15) is 55.5 Å². The molecule has 0 spiro atoms. The third kappa shape index (κ3) is 6.38. The monoisotopic (exact) mass is 607 g/mol. The van der Waals surface area contributed by atoms with Crippen LogP contribution in [0.3, 0.4) is 0 Å². The number of benzene rings is 3. The van der Waals surface area contributed by atoms with Crippen LogP contribution in [0.4, 0.5) is 0 Å². The van der Waals surface area contributed by atoms with Gasteiger partial charge >= 0.3 is 0 Å². The first kappa shape index (κ1) is 32.0. The number of fused-ring (bicyclic) bond motifs is 1. The fraction of sp³-hybridized carbons (Fsp3) is 0.333. The molecule has 3 aromatic carbocycles. The predicted molar refractivity (Wildman–Crippen MR) is 178 cm³/mol. The van der Waals surface area contributed by atoms with Crippen molar-refractivity contribution >= 4 is 46.1 Å². The first-order chi connectivity index (χ1) is 21.8. The van der Waals surface area contributed by atoms with E-state index in [1.54, 1.807) is 30.4 Å². The SMILES string of the molecule is C=Cc1cccc2c1/C(=C\C)C(=O)N(CCN(CCCN(C)CCN1C(=O)c3cccc4cccc(c34)C1=O)CCNC)C2=O. The van der Waals surface area contributed by atoms with Crippen molar-refractivity contribution in [3.05, 3.63) is 95.1 Å². The minimum Gasteiger partial charge on any atom is -0.318 e. The van der Waals surface area contributed by atoms with Crippen molar-refractivity contribution in [3.8, 4) is 0 Å². The Morgan fingerprint density at radius 3 is 2.00 bits per heavy atom. The van der Waals surface area contributed by atoms with Crippen molar-refractivity contribution in [1.82, 2.24) is 24.9 Å². The number of carbonyl (C=O) groups is 4. The molecule has 0 unspecified atom stereocenters. The van der Waals surface area contributed by atoms with Gasteiger partial charge in [0.15, 0.2) is 0 Å². The highest BCUT2D eigenvalue weighted by atomic mass is 16.2. The van der Waals surface area contributed by atoms with E-state index in [1.807, 2.05) is 57.4 Å². The molecule has 9 nitrogen and oxygen atoms in total. The first-order valence-corrected chi connectivity index (χ1v) is 15.5. The van der Waals surface area contributed by atoms with Gasteiger partial charge in [0.1, 0.15) is 0 Å². The number of likely N-dealkylation sites (N-methyl/N-ethyl adjacent to an activating group) is 2. The molecule has 9 heteroatoms. The lowest BCUT2D eigenvalue weighted by Gasteiger charge is -2.32. The van der Waals surface area contributed by atoms with Gasteiger partial charge in [0, 0.05) is 72.5 Å². The lowest BCUT2D eigenvalue weighted by Crippen LogP contribution is -2.47. The van der Waals surface area contributed by atoms with Crippen LogP contribution in [-0.2, 0) is 4.79 Å². The molecule has 2 aliphatic heterocycles. The van der Waals surface area contributed by atoms with Crippen molar-refractivity contribution in [2.24, 2.45) is 0 Å². The zero-order valence-electron chi connectivity index (χ0n) is 26.3. The maximum atomic E-state index is 13.4. The van der Waals surface area contributed by atoms with Gasteiger partial charge in [-0.15, -0.1) is 0 Å². The fourth-order valence-electron chi connectivity index (χ4n) is 6.26. The first-order valence-electron chi connectivity index (χ1n) is 15.5. The van der Waals surface area contributed by atoms with Crippen LogP contribution < -0.4 is 5.32 Å². The van der Waals surface area contributed by atoms with Gasteiger partial charge in [0.05, 0.1) is 0 Å². The Hall–Kier alpha value is -4.44. The minimum absolute atomic E-state index is 0.248. The molecule has 0 saturated carbocycles. The molecule has 0 aromatic heterocycles. The Labute approximate surface area is 264 Å². The zero-order valence-corrected chi connectivity index (χ0v) is 26.3. The Morgan fingerprint density at radius 2 is 1.36 bits per heavy atom. The second kappa shape index (κ2) is 14.1. The molecule has 3 aromatic rings. The number of nitrogens with one attached hydrogen (secondary N) is 1. The van der Waals surface area contributed by atoms with Crippen molar-refractivity contribution in [2.45, 2.75) is 13.3 Å². The molecule has 5 rings (SSSR count). The lowest BCUT2D eigenvalue weighted by atomic mass is 9.89. The van der Waals surface area contributed by atoms with E-state index < -0.39 is 0 Å². The summed E-state index contributed by atoms with van der Waals surface area (Å²) in [6, 6.07) is 16.6. The molecule has 1 N–H and O–H groups in total. The topological polar surface area (TPSA) is 93.3 Å². The number of hydrogen-bond donors (Lipinski definition) is 1. The number of amides is 4. The Bertz CT molecular complexity index is 1630. The standard InChI is InChI=1S/C36H41N5O4/c1-5-25-11-7-14-28-31(25)27(6-2)33(42)41(34(28)43)24-22-39(20-17-37-3)19-10-18-38(4)21-23-40-35(44)29-15-8-12-26-13-9-16-30(32(26)29)36(40)45/h5-9,11-16,37H,1,10,17-24H2,2-4H3/b27-6+. The third-order valence-corrected chi connectivity index (χ3v) is 8.72. The highest BCUT2D eigenvalue weighted by Gasteiger charge is 2.36. The molecule has 234 valence electrons. The van der Waals surface area contributed by atoms with E-state index >= 15 is 0 Å².